The average molecular weight is 262 g/mol. The summed E-state index contributed by atoms with van der Waals surface area (Å²) in [5.74, 6) is 0.635. The van der Waals surface area contributed by atoms with Crippen molar-refractivity contribution < 1.29 is 22.9 Å². The third-order valence-electron chi connectivity index (χ3n) is 2.13. The first-order valence-corrected chi connectivity index (χ1v) is 6.98. The van der Waals surface area contributed by atoms with Crippen LogP contribution in [0, 0.1) is 0 Å². The van der Waals surface area contributed by atoms with Gasteiger partial charge in [0, 0.05) is 6.26 Å². The molecule has 0 fully saturated rings. The van der Waals surface area contributed by atoms with Crippen LogP contribution in [-0.4, -0.2) is 43.0 Å². The molecule has 0 unspecified atom stereocenters. The van der Waals surface area contributed by atoms with Crippen LogP contribution in [-0.2, 0) is 28.4 Å². The fourth-order valence-corrected chi connectivity index (χ4v) is 1.66. The summed E-state index contributed by atoms with van der Waals surface area (Å²) in [6.07, 6.45) is 5.96. The van der Waals surface area contributed by atoms with E-state index in [2.05, 4.69) is 5.16 Å². The Morgan fingerprint density at radius 2 is 2.35 bits per heavy atom. The second kappa shape index (κ2) is 5.78. The minimum atomic E-state index is -3.00. The van der Waals surface area contributed by atoms with Crippen LogP contribution in [0.1, 0.15) is 5.82 Å². The van der Waals surface area contributed by atoms with Crippen LogP contribution >= 0.6 is 0 Å². The van der Waals surface area contributed by atoms with E-state index >= 15 is 0 Å². The Morgan fingerprint density at radius 3 is 2.94 bits per heavy atom. The second-order valence-corrected chi connectivity index (χ2v) is 5.91. The van der Waals surface area contributed by atoms with Gasteiger partial charge in [-0.1, -0.05) is 5.16 Å². The van der Waals surface area contributed by atoms with Gasteiger partial charge >= 0.3 is 5.82 Å². The van der Waals surface area contributed by atoms with Crippen LogP contribution in [0.25, 0.3) is 0 Å². The van der Waals surface area contributed by atoms with Gasteiger partial charge in [0.05, 0.1) is 19.4 Å². The second-order valence-electron chi connectivity index (χ2n) is 3.65. The first-order chi connectivity index (χ1) is 7.94. The van der Waals surface area contributed by atoms with Crippen molar-refractivity contribution in [2.24, 2.45) is 12.2 Å². The zero-order chi connectivity index (χ0) is 12.9. The predicted octanol–water partition coefficient (Wildman–Crippen LogP) is -0.861. The molecule has 0 aromatic carbocycles. The highest BCUT2D eigenvalue weighted by Crippen LogP contribution is 1.94. The zero-order valence-corrected chi connectivity index (χ0v) is 10.6. The summed E-state index contributed by atoms with van der Waals surface area (Å²) in [5, 5.41) is 11.4. The normalized spacial score (nSPS) is 12.4. The number of hydrogen-bond donors (Lipinski definition) is 1. The molecule has 1 rings (SSSR count). The molecule has 0 spiro atoms. The van der Waals surface area contributed by atoms with Crippen LogP contribution in [0.5, 0.6) is 0 Å². The van der Waals surface area contributed by atoms with Crippen LogP contribution in [0.3, 0.4) is 0 Å². The molecule has 0 aliphatic rings. The Kier molecular flexibility index (Phi) is 4.64. The molecule has 0 saturated heterocycles. The van der Waals surface area contributed by atoms with Gasteiger partial charge in [0.25, 0.3) is 0 Å². The molecule has 0 amide bonds. The van der Waals surface area contributed by atoms with Gasteiger partial charge in [-0.15, -0.1) is 0 Å². The number of ether oxygens (including phenoxy) is 1. The van der Waals surface area contributed by atoms with Crippen molar-refractivity contribution in [3.05, 3.63) is 18.2 Å². The van der Waals surface area contributed by atoms with Crippen molar-refractivity contribution in [2.45, 2.75) is 6.73 Å². The maximum absolute atomic E-state index is 10.9. The van der Waals surface area contributed by atoms with Crippen LogP contribution in [0.2, 0.25) is 0 Å². The number of aryl methyl sites for hydroxylation is 1. The lowest BCUT2D eigenvalue weighted by Crippen LogP contribution is -2.32. The standard InChI is InChI=1S/C9H15N3O4S/c1-11-3-4-12(9(11)7-10-13)8-16-5-6-17(2,14)15/h3-4,7H,5-6,8H2,1-2H3/p+1. The molecule has 1 aromatic rings. The smallest absolute Gasteiger partial charge is 0.305 e. The number of imidazole rings is 1. The van der Waals surface area contributed by atoms with E-state index in [4.69, 9.17) is 9.94 Å². The minimum absolute atomic E-state index is 0.0101. The fraction of sp³-hybridized carbons (Fsp3) is 0.556. The monoisotopic (exact) mass is 262 g/mol. The molecule has 0 atom stereocenters. The van der Waals surface area contributed by atoms with Crippen molar-refractivity contribution in [3.63, 3.8) is 0 Å². The molecule has 8 heteroatoms. The molecule has 7 nitrogen and oxygen atoms in total. The molecule has 0 aliphatic carbocycles. The first kappa shape index (κ1) is 13.7. The molecule has 0 aliphatic heterocycles. The summed E-state index contributed by atoms with van der Waals surface area (Å²) in [7, 11) is -1.20. The van der Waals surface area contributed by atoms with Gasteiger partial charge in [-0.2, -0.15) is 0 Å². The topological polar surface area (TPSA) is 84.8 Å². The van der Waals surface area contributed by atoms with Gasteiger partial charge in [0.2, 0.25) is 0 Å². The number of hydrogen-bond acceptors (Lipinski definition) is 5. The summed E-state index contributed by atoms with van der Waals surface area (Å²) in [5.41, 5.74) is 0. The van der Waals surface area contributed by atoms with Crippen molar-refractivity contribution >= 4 is 16.1 Å². The van der Waals surface area contributed by atoms with Crippen LogP contribution < -0.4 is 4.57 Å². The molecular formula is C9H16N3O4S+. The van der Waals surface area contributed by atoms with Gasteiger partial charge in [-0.05, 0) is 0 Å². The van der Waals surface area contributed by atoms with Crippen molar-refractivity contribution in [1.82, 2.24) is 4.57 Å². The van der Waals surface area contributed by atoms with Crippen LogP contribution in [0.15, 0.2) is 17.5 Å². The minimum Gasteiger partial charge on any atom is -0.411 e. The van der Waals surface area contributed by atoms with E-state index in [0.29, 0.717) is 5.82 Å². The molecule has 1 N–H and O–H groups in total. The van der Waals surface area contributed by atoms with Crippen molar-refractivity contribution in [3.8, 4) is 0 Å². The lowest BCUT2D eigenvalue weighted by molar-refractivity contribution is -0.672. The van der Waals surface area contributed by atoms with Gasteiger partial charge in [-0.25, -0.2) is 17.6 Å². The van der Waals surface area contributed by atoms with Gasteiger partial charge in [-0.3, -0.25) is 0 Å². The maximum Gasteiger partial charge on any atom is 0.305 e. The van der Waals surface area contributed by atoms with E-state index in [0.717, 1.165) is 6.26 Å². The number of rotatable bonds is 6. The Balaban J connectivity index is 2.52. The maximum atomic E-state index is 10.9. The van der Waals surface area contributed by atoms with Gasteiger partial charge in [0.15, 0.2) is 12.9 Å². The number of oxime groups is 1. The molecule has 1 aromatic heterocycles. The number of nitrogens with zero attached hydrogens (tertiary/aromatic N) is 3. The van der Waals surface area contributed by atoms with E-state index in [1.807, 2.05) is 0 Å². The highest BCUT2D eigenvalue weighted by molar-refractivity contribution is 7.90. The number of sulfone groups is 1. The van der Waals surface area contributed by atoms with E-state index in [1.165, 1.54) is 6.21 Å². The first-order valence-electron chi connectivity index (χ1n) is 4.91. The molecule has 1 heterocycles. The molecule has 0 radical (unpaired) electrons. The summed E-state index contributed by atoms with van der Waals surface area (Å²) in [6, 6.07) is 0. The molecule has 96 valence electrons. The quantitative estimate of drug-likeness (QED) is 0.238. The highest BCUT2D eigenvalue weighted by Gasteiger charge is 2.12. The molecule has 17 heavy (non-hydrogen) atoms. The van der Waals surface area contributed by atoms with E-state index in [-0.39, 0.29) is 19.1 Å². The lowest BCUT2D eigenvalue weighted by Gasteiger charge is -2.01. The third-order valence-corrected chi connectivity index (χ3v) is 3.04. The van der Waals surface area contributed by atoms with Crippen molar-refractivity contribution in [1.29, 1.82) is 0 Å². The van der Waals surface area contributed by atoms with Gasteiger partial charge < -0.3 is 9.94 Å². The third kappa shape index (κ3) is 4.53. The average Bonchev–Trinajstić information content (AvgIpc) is 2.55. The summed E-state index contributed by atoms with van der Waals surface area (Å²) in [4.78, 5) is 0. The number of aromatic nitrogens is 2. The molecule has 0 saturated carbocycles. The summed E-state index contributed by atoms with van der Waals surface area (Å²) >= 11 is 0. The Labute approximate surface area is 99.9 Å². The molecular weight excluding hydrogens is 246 g/mol. The lowest BCUT2D eigenvalue weighted by atomic mass is 10.6. The Bertz CT molecular complexity index is 492. The highest BCUT2D eigenvalue weighted by atomic mass is 32.2. The molecule has 0 bridgehead atoms. The van der Waals surface area contributed by atoms with E-state index < -0.39 is 9.84 Å². The fourth-order valence-electron chi connectivity index (χ4n) is 1.24. The van der Waals surface area contributed by atoms with E-state index in [1.54, 1.807) is 28.6 Å². The Hall–Kier alpha value is -1.41. The summed E-state index contributed by atoms with van der Waals surface area (Å²) < 4.78 is 30.4. The van der Waals surface area contributed by atoms with Gasteiger partial charge in [0.1, 0.15) is 22.2 Å². The van der Waals surface area contributed by atoms with Crippen molar-refractivity contribution in [2.75, 3.05) is 18.6 Å². The predicted molar refractivity (Wildman–Crippen MR) is 60.7 cm³/mol. The summed E-state index contributed by atoms with van der Waals surface area (Å²) in [6.45, 7) is 0.341. The zero-order valence-electron chi connectivity index (χ0n) is 9.78. The van der Waals surface area contributed by atoms with E-state index in [9.17, 15) is 8.42 Å². The Morgan fingerprint density at radius 1 is 1.65 bits per heavy atom. The SMILES string of the molecule is C[n+]1ccn(COCCS(C)(=O)=O)c1C=NO. The van der Waals surface area contributed by atoms with Crippen LogP contribution in [0.4, 0.5) is 0 Å². The largest absolute Gasteiger partial charge is 0.411 e.